The molecular formula is C15H22O3. The van der Waals surface area contributed by atoms with Gasteiger partial charge in [-0.2, -0.15) is 0 Å². The number of carbonyl (C=O) groups excluding carboxylic acids is 1. The smallest absolute Gasteiger partial charge is 0.165 e. The fourth-order valence-corrected chi connectivity index (χ4v) is 2.01. The predicted molar refractivity (Wildman–Crippen MR) is 72.1 cm³/mol. The molecule has 0 aliphatic heterocycles. The van der Waals surface area contributed by atoms with Gasteiger partial charge in [0.2, 0.25) is 0 Å². The third-order valence-corrected chi connectivity index (χ3v) is 3.19. The lowest BCUT2D eigenvalue weighted by atomic mass is 9.92. The lowest BCUT2D eigenvalue weighted by Crippen LogP contribution is -2.13. The van der Waals surface area contributed by atoms with E-state index in [2.05, 4.69) is 13.8 Å². The number of ether oxygens (including phenoxy) is 1. The molecule has 100 valence electrons. The second-order valence-corrected chi connectivity index (χ2v) is 4.83. The van der Waals surface area contributed by atoms with Gasteiger partial charge in [-0.05, 0) is 41.7 Å². The summed E-state index contributed by atoms with van der Waals surface area (Å²) in [6, 6.07) is 3.77. The first-order valence-electron chi connectivity index (χ1n) is 6.31. The first kappa shape index (κ1) is 14.7. The molecule has 3 nitrogen and oxygen atoms in total. The van der Waals surface area contributed by atoms with Crippen molar-refractivity contribution < 1.29 is 14.6 Å². The van der Waals surface area contributed by atoms with E-state index < -0.39 is 6.10 Å². The molecule has 3 heteroatoms. The van der Waals surface area contributed by atoms with Gasteiger partial charge < -0.3 is 9.84 Å². The van der Waals surface area contributed by atoms with Crippen LogP contribution >= 0.6 is 0 Å². The molecule has 0 radical (unpaired) electrons. The Morgan fingerprint density at radius 1 is 1.33 bits per heavy atom. The third kappa shape index (κ3) is 2.91. The van der Waals surface area contributed by atoms with Crippen molar-refractivity contribution in [2.24, 2.45) is 0 Å². The molecule has 0 heterocycles. The zero-order valence-corrected chi connectivity index (χ0v) is 11.8. The summed E-state index contributed by atoms with van der Waals surface area (Å²) in [7, 11) is 1.63. The molecule has 0 amide bonds. The Hall–Kier alpha value is -1.35. The topological polar surface area (TPSA) is 46.5 Å². The van der Waals surface area contributed by atoms with Crippen LogP contribution in [0.25, 0.3) is 0 Å². The zero-order valence-electron chi connectivity index (χ0n) is 11.8. The minimum Gasteiger partial charge on any atom is -0.496 e. The highest BCUT2D eigenvalue weighted by molar-refractivity contribution is 5.84. The van der Waals surface area contributed by atoms with Gasteiger partial charge in [0.15, 0.2) is 5.78 Å². The van der Waals surface area contributed by atoms with E-state index in [0.717, 1.165) is 16.9 Å². The largest absolute Gasteiger partial charge is 0.496 e. The molecular weight excluding hydrogens is 228 g/mol. The van der Waals surface area contributed by atoms with Crippen molar-refractivity contribution in [2.75, 3.05) is 7.11 Å². The van der Waals surface area contributed by atoms with E-state index in [0.29, 0.717) is 12.0 Å². The molecule has 0 bridgehead atoms. The number of methoxy groups -OCH3 is 1. The number of aliphatic hydroxyl groups excluding tert-OH is 1. The molecule has 1 aromatic carbocycles. The molecule has 1 aromatic rings. The molecule has 1 unspecified atom stereocenters. The second kappa shape index (κ2) is 6.01. The summed E-state index contributed by atoms with van der Waals surface area (Å²) >= 11 is 0. The molecule has 0 fully saturated rings. The van der Waals surface area contributed by atoms with Crippen molar-refractivity contribution in [1.29, 1.82) is 0 Å². The van der Waals surface area contributed by atoms with Crippen LogP contribution in [-0.4, -0.2) is 18.0 Å². The van der Waals surface area contributed by atoms with E-state index in [1.807, 2.05) is 19.1 Å². The standard InChI is InChI=1S/C15H22O3/c1-6-13(16)15(17)12-8-11(9(2)3)14(18-5)7-10(12)4/h7-9,15,17H,6H2,1-5H3. The van der Waals surface area contributed by atoms with Gasteiger partial charge in [0, 0.05) is 6.42 Å². The average molecular weight is 250 g/mol. The number of aryl methyl sites for hydroxylation is 1. The summed E-state index contributed by atoms with van der Waals surface area (Å²) in [5, 5.41) is 10.0. The zero-order chi connectivity index (χ0) is 13.9. The van der Waals surface area contributed by atoms with Gasteiger partial charge in [0.05, 0.1) is 7.11 Å². The highest BCUT2D eigenvalue weighted by Crippen LogP contribution is 2.32. The highest BCUT2D eigenvalue weighted by atomic mass is 16.5. The minimum absolute atomic E-state index is 0.155. The first-order chi connectivity index (χ1) is 8.42. The Balaban J connectivity index is 3.29. The summed E-state index contributed by atoms with van der Waals surface area (Å²) in [4.78, 5) is 11.6. The van der Waals surface area contributed by atoms with Crippen molar-refractivity contribution >= 4 is 5.78 Å². The van der Waals surface area contributed by atoms with Crippen LogP contribution in [0.1, 0.15) is 55.9 Å². The van der Waals surface area contributed by atoms with Gasteiger partial charge in [0.1, 0.15) is 11.9 Å². The Morgan fingerprint density at radius 2 is 1.94 bits per heavy atom. The molecule has 18 heavy (non-hydrogen) atoms. The molecule has 1 N–H and O–H groups in total. The molecule has 0 aliphatic rings. The third-order valence-electron chi connectivity index (χ3n) is 3.19. The number of aliphatic hydroxyl groups is 1. The number of ketones is 1. The number of rotatable bonds is 5. The van der Waals surface area contributed by atoms with Gasteiger partial charge >= 0.3 is 0 Å². The van der Waals surface area contributed by atoms with Crippen LogP contribution in [-0.2, 0) is 4.79 Å². The molecule has 0 spiro atoms. The molecule has 0 saturated heterocycles. The lowest BCUT2D eigenvalue weighted by Gasteiger charge is -2.18. The maximum absolute atomic E-state index is 11.6. The Morgan fingerprint density at radius 3 is 2.39 bits per heavy atom. The Kier molecular flexibility index (Phi) is 4.91. The maximum atomic E-state index is 11.6. The molecule has 1 atom stereocenters. The molecule has 0 aliphatic carbocycles. The van der Waals surface area contributed by atoms with E-state index in [1.54, 1.807) is 14.0 Å². The Labute approximate surface area is 109 Å². The van der Waals surface area contributed by atoms with Crippen molar-refractivity contribution in [3.05, 3.63) is 28.8 Å². The number of benzene rings is 1. The van der Waals surface area contributed by atoms with E-state index >= 15 is 0 Å². The predicted octanol–water partition coefficient (Wildman–Crippen LogP) is 3.14. The SMILES string of the molecule is CCC(=O)C(O)c1cc(C(C)C)c(OC)cc1C. The quantitative estimate of drug-likeness (QED) is 0.873. The molecule has 0 saturated carbocycles. The van der Waals surface area contributed by atoms with Crippen molar-refractivity contribution in [2.45, 2.75) is 46.1 Å². The average Bonchev–Trinajstić information content (AvgIpc) is 2.36. The molecule has 1 rings (SSSR count). The first-order valence-corrected chi connectivity index (χ1v) is 6.31. The summed E-state index contributed by atoms with van der Waals surface area (Å²) in [5.74, 6) is 0.934. The van der Waals surface area contributed by atoms with Crippen molar-refractivity contribution in [1.82, 2.24) is 0 Å². The van der Waals surface area contributed by atoms with Gasteiger partial charge in [-0.25, -0.2) is 0 Å². The van der Waals surface area contributed by atoms with Crippen LogP contribution in [0, 0.1) is 6.92 Å². The summed E-state index contributed by atoms with van der Waals surface area (Å²) in [5.41, 5.74) is 2.58. The van der Waals surface area contributed by atoms with Gasteiger partial charge in [-0.3, -0.25) is 4.79 Å². The Bertz CT molecular complexity index is 436. The van der Waals surface area contributed by atoms with Gasteiger partial charge in [0.25, 0.3) is 0 Å². The van der Waals surface area contributed by atoms with Crippen molar-refractivity contribution in [3.63, 3.8) is 0 Å². The lowest BCUT2D eigenvalue weighted by molar-refractivity contribution is -0.127. The normalized spacial score (nSPS) is 12.6. The van der Waals surface area contributed by atoms with Crippen LogP contribution in [0.3, 0.4) is 0 Å². The fraction of sp³-hybridized carbons (Fsp3) is 0.533. The number of Topliss-reactive ketones (excluding diaryl/α,β-unsaturated/α-hetero) is 1. The number of hydrogen-bond donors (Lipinski definition) is 1. The van der Waals surface area contributed by atoms with Gasteiger partial charge in [-0.1, -0.05) is 20.8 Å². The number of carbonyl (C=O) groups is 1. The second-order valence-electron chi connectivity index (χ2n) is 4.83. The minimum atomic E-state index is -1.03. The van der Waals surface area contributed by atoms with E-state index in [-0.39, 0.29) is 11.7 Å². The summed E-state index contributed by atoms with van der Waals surface area (Å²) in [6.45, 7) is 7.76. The van der Waals surface area contributed by atoms with Crippen LogP contribution in [0.2, 0.25) is 0 Å². The van der Waals surface area contributed by atoms with E-state index in [1.165, 1.54) is 0 Å². The monoisotopic (exact) mass is 250 g/mol. The summed E-state index contributed by atoms with van der Waals surface area (Å²) in [6.07, 6.45) is -0.692. The summed E-state index contributed by atoms with van der Waals surface area (Å²) < 4.78 is 5.34. The van der Waals surface area contributed by atoms with Crippen molar-refractivity contribution in [3.8, 4) is 5.75 Å². The van der Waals surface area contributed by atoms with Crippen LogP contribution < -0.4 is 4.74 Å². The highest BCUT2D eigenvalue weighted by Gasteiger charge is 2.20. The van der Waals surface area contributed by atoms with E-state index in [4.69, 9.17) is 4.74 Å². The van der Waals surface area contributed by atoms with Crippen LogP contribution in [0.5, 0.6) is 5.75 Å². The van der Waals surface area contributed by atoms with Crippen LogP contribution in [0.15, 0.2) is 12.1 Å². The molecule has 0 aromatic heterocycles. The maximum Gasteiger partial charge on any atom is 0.165 e. The fourth-order valence-electron chi connectivity index (χ4n) is 2.01. The number of hydrogen-bond acceptors (Lipinski definition) is 3. The van der Waals surface area contributed by atoms with E-state index in [9.17, 15) is 9.90 Å². The van der Waals surface area contributed by atoms with Gasteiger partial charge in [-0.15, -0.1) is 0 Å². The van der Waals surface area contributed by atoms with Crippen LogP contribution in [0.4, 0.5) is 0 Å².